The third-order valence-electron chi connectivity index (χ3n) is 4.89. The molecule has 1 fully saturated rings. The molecule has 2 bridgehead atoms. The van der Waals surface area contributed by atoms with E-state index in [1.165, 1.54) is 25.0 Å². The Morgan fingerprint density at radius 1 is 1.31 bits per heavy atom. The van der Waals surface area contributed by atoms with E-state index in [0.717, 1.165) is 4.90 Å². The minimum absolute atomic E-state index is 0.0937. The van der Waals surface area contributed by atoms with Crippen LogP contribution in [0, 0.1) is 0 Å². The molecule has 2 aliphatic heterocycles. The molecule has 0 radical (unpaired) electrons. The Labute approximate surface area is 194 Å². The number of alkyl halides is 3. The number of aliphatic imine (C=N–C) groups is 1. The summed E-state index contributed by atoms with van der Waals surface area (Å²) >= 11 is 0. The number of urea groups is 1. The number of fused-ring (bicyclic) bond motifs is 4. The number of halogens is 3. The van der Waals surface area contributed by atoms with Gasteiger partial charge in [0.05, 0.1) is 18.4 Å². The van der Waals surface area contributed by atoms with Gasteiger partial charge in [-0.15, -0.1) is 4.28 Å². The molecule has 0 spiro atoms. The Kier molecular flexibility index (Phi) is 7.08. The molecular weight excluding hydrogens is 509 g/mol. The number of hydrogen-bond acceptors (Lipinski definition) is 9. The molecule has 1 aromatic rings. The minimum Gasteiger partial charge on any atom is -0.347 e. The number of rotatable bonds is 6. The number of carbonyl (C=O) groups is 3. The van der Waals surface area contributed by atoms with E-state index in [-0.39, 0.29) is 12.4 Å². The quantitative estimate of drug-likeness (QED) is 0.116. The third-order valence-corrected chi connectivity index (χ3v) is 5.24. The summed E-state index contributed by atoms with van der Waals surface area (Å²) in [6, 6.07) is -2.93. The van der Waals surface area contributed by atoms with Crippen LogP contribution in [0.5, 0.6) is 0 Å². The average molecular weight is 528 g/mol. The van der Waals surface area contributed by atoms with E-state index in [2.05, 4.69) is 25.2 Å². The summed E-state index contributed by atoms with van der Waals surface area (Å²) in [5, 5.41) is 8.19. The van der Waals surface area contributed by atoms with Crippen molar-refractivity contribution in [2.24, 2.45) is 12.0 Å². The standard InChI is InChI=1S/C15H19F3N8O8S/c1-19-11(23-33-13(28)21-4-3-20-12(27)15(16,17)18)10-9-7(5-22-24(9)2)8-6-25(10)14(29)26(8)34-35(30,31)32/h5,8,10H,3-4,6H2,1-2H3,(H,19,23)(H,20,27)(H,21,28)(H,30,31,32)/t8-,10+/m1/s1. The van der Waals surface area contributed by atoms with Gasteiger partial charge in [0, 0.05) is 32.7 Å². The SMILES string of the molecule is CN=C(NOC(=O)NCCNC(=O)C(F)(F)F)[C@@H]1c2c(cnn2C)[C@H]2CN1C(=O)N2OS(=O)(=O)O. The number of aryl methyl sites for hydroxylation is 1. The smallest absolute Gasteiger partial charge is 0.347 e. The highest BCUT2D eigenvalue weighted by atomic mass is 32.3. The molecule has 194 valence electrons. The van der Waals surface area contributed by atoms with Crippen LogP contribution >= 0.6 is 0 Å². The van der Waals surface area contributed by atoms with Gasteiger partial charge in [-0.2, -0.15) is 31.8 Å². The van der Waals surface area contributed by atoms with Gasteiger partial charge >= 0.3 is 34.6 Å². The maximum Gasteiger partial charge on any atom is 0.471 e. The molecule has 0 aliphatic carbocycles. The van der Waals surface area contributed by atoms with E-state index in [4.69, 9.17) is 9.39 Å². The van der Waals surface area contributed by atoms with Crippen molar-refractivity contribution in [2.45, 2.75) is 18.3 Å². The number of amidine groups is 1. The molecule has 1 saturated heterocycles. The molecule has 1 aromatic heterocycles. The topological polar surface area (TPSA) is 197 Å². The largest absolute Gasteiger partial charge is 0.471 e. The Hall–Kier alpha value is -3.65. The molecular formula is C15H19F3N8O8S. The first-order valence-corrected chi connectivity index (χ1v) is 10.9. The third kappa shape index (κ3) is 5.54. The molecule has 4 N–H and O–H groups in total. The highest BCUT2D eigenvalue weighted by Crippen LogP contribution is 2.44. The predicted molar refractivity (Wildman–Crippen MR) is 105 cm³/mol. The van der Waals surface area contributed by atoms with Crippen LogP contribution in [-0.2, 0) is 31.4 Å². The maximum atomic E-state index is 12.8. The van der Waals surface area contributed by atoms with Gasteiger partial charge in [0.2, 0.25) is 0 Å². The first-order chi connectivity index (χ1) is 16.2. The van der Waals surface area contributed by atoms with Crippen LogP contribution in [0.4, 0.5) is 22.8 Å². The van der Waals surface area contributed by atoms with Crippen LogP contribution in [0.2, 0.25) is 0 Å². The summed E-state index contributed by atoms with van der Waals surface area (Å²) in [4.78, 5) is 45.3. The summed E-state index contributed by atoms with van der Waals surface area (Å²) in [5.41, 5.74) is 2.98. The summed E-state index contributed by atoms with van der Waals surface area (Å²) in [6.07, 6.45) is -4.84. The van der Waals surface area contributed by atoms with Crippen LogP contribution < -0.4 is 16.1 Å². The van der Waals surface area contributed by atoms with Crippen molar-refractivity contribution in [3.05, 3.63) is 17.5 Å². The van der Waals surface area contributed by atoms with Crippen LogP contribution in [0.1, 0.15) is 23.3 Å². The van der Waals surface area contributed by atoms with Crippen LogP contribution in [0.25, 0.3) is 0 Å². The number of nitrogens with one attached hydrogen (secondary N) is 3. The lowest BCUT2D eigenvalue weighted by Crippen LogP contribution is -2.46. The maximum absolute atomic E-state index is 12.8. The Morgan fingerprint density at radius 3 is 2.57 bits per heavy atom. The molecule has 35 heavy (non-hydrogen) atoms. The molecule has 3 rings (SSSR count). The van der Waals surface area contributed by atoms with Gasteiger partial charge in [-0.3, -0.25) is 19.0 Å². The fourth-order valence-electron chi connectivity index (χ4n) is 3.50. The molecule has 20 heteroatoms. The Bertz CT molecular complexity index is 1150. The molecule has 2 atom stereocenters. The second-order valence-corrected chi connectivity index (χ2v) is 8.08. The van der Waals surface area contributed by atoms with E-state index in [1.807, 2.05) is 0 Å². The zero-order valence-electron chi connectivity index (χ0n) is 17.9. The molecule has 0 aromatic carbocycles. The van der Waals surface area contributed by atoms with E-state index >= 15 is 0 Å². The van der Waals surface area contributed by atoms with Crippen molar-refractivity contribution >= 4 is 34.3 Å². The second kappa shape index (κ2) is 9.54. The van der Waals surface area contributed by atoms with Gasteiger partial charge in [-0.05, 0) is 0 Å². The second-order valence-electron chi connectivity index (χ2n) is 7.07. The average Bonchev–Trinajstić information content (AvgIpc) is 3.26. The van der Waals surface area contributed by atoms with Gasteiger partial charge in [-0.1, -0.05) is 0 Å². The highest BCUT2D eigenvalue weighted by Gasteiger charge is 2.53. The Balaban J connectivity index is 1.67. The number of aromatic nitrogens is 2. The lowest BCUT2D eigenvalue weighted by molar-refractivity contribution is -0.173. The van der Waals surface area contributed by atoms with Crippen LogP contribution in [0.3, 0.4) is 0 Å². The fraction of sp³-hybridized carbons (Fsp3) is 0.533. The molecule has 0 unspecified atom stereocenters. The first kappa shape index (κ1) is 26.0. The predicted octanol–water partition coefficient (Wildman–Crippen LogP) is -1.07. The minimum atomic E-state index is -5.06. The molecule has 3 heterocycles. The van der Waals surface area contributed by atoms with Gasteiger partial charge < -0.3 is 20.4 Å². The van der Waals surface area contributed by atoms with Gasteiger partial charge in [-0.25, -0.2) is 15.1 Å². The van der Waals surface area contributed by atoms with Crippen LogP contribution in [0.15, 0.2) is 11.2 Å². The molecule has 0 saturated carbocycles. The van der Waals surface area contributed by atoms with Crippen molar-refractivity contribution in [3.8, 4) is 0 Å². The zero-order valence-corrected chi connectivity index (χ0v) is 18.8. The number of hydrogen-bond donors (Lipinski definition) is 4. The van der Waals surface area contributed by atoms with Crippen LogP contribution in [-0.4, -0.2) is 89.4 Å². The summed E-state index contributed by atoms with van der Waals surface area (Å²) in [5.74, 6) is -2.27. The lowest BCUT2D eigenvalue weighted by Gasteiger charge is -2.31. The highest BCUT2D eigenvalue weighted by molar-refractivity contribution is 7.80. The number of amides is 4. The fourth-order valence-corrected chi connectivity index (χ4v) is 3.87. The number of hydroxylamine groups is 3. The van der Waals surface area contributed by atoms with E-state index in [1.54, 1.807) is 5.32 Å². The zero-order chi connectivity index (χ0) is 26.1. The summed E-state index contributed by atoms with van der Waals surface area (Å²) in [7, 11) is -2.19. The monoisotopic (exact) mass is 528 g/mol. The molecule has 2 aliphatic rings. The van der Waals surface area contributed by atoms with Gasteiger partial charge in [0.1, 0.15) is 12.1 Å². The van der Waals surface area contributed by atoms with Gasteiger partial charge in [0.15, 0.2) is 5.84 Å². The van der Waals surface area contributed by atoms with Gasteiger partial charge in [0.25, 0.3) is 0 Å². The molecule has 16 nitrogen and oxygen atoms in total. The van der Waals surface area contributed by atoms with Crippen molar-refractivity contribution in [3.63, 3.8) is 0 Å². The normalized spacial score (nSPS) is 19.9. The first-order valence-electron chi connectivity index (χ1n) is 9.55. The Morgan fingerprint density at radius 2 is 1.97 bits per heavy atom. The van der Waals surface area contributed by atoms with Crippen molar-refractivity contribution in [1.29, 1.82) is 0 Å². The van der Waals surface area contributed by atoms with E-state index in [9.17, 15) is 36.0 Å². The van der Waals surface area contributed by atoms with E-state index in [0.29, 0.717) is 16.3 Å². The number of carbonyl (C=O) groups excluding carboxylic acids is 3. The summed E-state index contributed by atoms with van der Waals surface area (Å²) < 4.78 is 73.6. The molecule has 4 amide bonds. The van der Waals surface area contributed by atoms with Crippen molar-refractivity contribution in [2.75, 3.05) is 26.7 Å². The van der Waals surface area contributed by atoms with E-state index < -0.39 is 59.8 Å². The van der Waals surface area contributed by atoms with Crippen molar-refractivity contribution < 1.29 is 49.6 Å². The lowest BCUT2D eigenvalue weighted by atomic mass is 9.97. The van der Waals surface area contributed by atoms with Crippen molar-refractivity contribution in [1.82, 2.24) is 35.9 Å². The number of nitrogens with zero attached hydrogens (tertiary/aromatic N) is 5. The summed E-state index contributed by atoms with van der Waals surface area (Å²) in [6.45, 7) is -1.02.